The topological polar surface area (TPSA) is 111 Å². The maximum Gasteiger partial charge on any atom is 0.253 e. The molecule has 0 bridgehead atoms. The van der Waals surface area contributed by atoms with Crippen molar-refractivity contribution in [2.75, 3.05) is 11.9 Å². The van der Waals surface area contributed by atoms with Crippen molar-refractivity contribution < 1.29 is 13.6 Å². The van der Waals surface area contributed by atoms with Crippen molar-refractivity contribution in [3.8, 4) is 5.95 Å². The Bertz CT molecular complexity index is 1370. The number of aryl methyl sites for hydroxylation is 1. The zero-order chi connectivity index (χ0) is 22.9. The minimum atomic E-state index is -0.745. The number of rotatable bonds is 5. The summed E-state index contributed by atoms with van der Waals surface area (Å²) in [6.45, 7) is 1.79. The highest BCUT2D eigenvalue weighted by molar-refractivity contribution is 6.05. The molecule has 0 spiro atoms. The van der Waals surface area contributed by atoms with Gasteiger partial charge in [-0.05, 0) is 43.1 Å². The third-order valence-corrected chi connectivity index (χ3v) is 5.61. The number of aromatic nitrogens is 4. The Kier molecular flexibility index (Phi) is 5.43. The van der Waals surface area contributed by atoms with E-state index in [1.807, 2.05) is 6.07 Å². The van der Waals surface area contributed by atoms with Crippen molar-refractivity contribution in [3.63, 3.8) is 0 Å². The summed E-state index contributed by atoms with van der Waals surface area (Å²) in [5, 5.41) is 11.4. The van der Waals surface area contributed by atoms with Gasteiger partial charge in [0.05, 0.1) is 23.0 Å². The fraction of sp³-hybridized carbons (Fsp3) is 0.217. The van der Waals surface area contributed by atoms with Crippen LogP contribution < -0.4 is 16.4 Å². The Morgan fingerprint density at radius 1 is 1.18 bits per heavy atom. The SMILES string of the molecule is NC(=O)c1cc(F)cc2c1cnn2-c1nc2c(c(NCc3cccc(F)c3)n1)CNCCC2. The van der Waals surface area contributed by atoms with E-state index in [2.05, 4.69) is 20.7 Å². The molecule has 1 aliphatic heterocycles. The zero-order valence-electron chi connectivity index (χ0n) is 17.6. The van der Waals surface area contributed by atoms with Crippen LogP contribution in [0.3, 0.4) is 0 Å². The molecule has 0 saturated carbocycles. The summed E-state index contributed by atoms with van der Waals surface area (Å²) in [6.07, 6.45) is 3.07. The molecule has 0 fully saturated rings. The number of hydrogen-bond acceptors (Lipinski definition) is 6. The average molecular weight is 449 g/mol. The second kappa shape index (κ2) is 8.55. The van der Waals surface area contributed by atoms with Crippen LogP contribution in [-0.2, 0) is 19.5 Å². The molecule has 4 aromatic rings. The minimum Gasteiger partial charge on any atom is -0.366 e. The predicted octanol–water partition coefficient (Wildman–Crippen LogP) is 2.84. The first-order valence-corrected chi connectivity index (χ1v) is 10.6. The van der Waals surface area contributed by atoms with E-state index in [9.17, 15) is 13.6 Å². The Labute approximate surface area is 187 Å². The van der Waals surface area contributed by atoms with E-state index in [4.69, 9.17) is 10.7 Å². The molecular formula is C23H21F2N7O. The fourth-order valence-electron chi connectivity index (χ4n) is 4.03. The predicted molar refractivity (Wildman–Crippen MR) is 119 cm³/mol. The summed E-state index contributed by atoms with van der Waals surface area (Å²) < 4.78 is 29.2. The lowest BCUT2D eigenvalue weighted by Gasteiger charge is -2.15. The number of fused-ring (bicyclic) bond motifs is 2. The molecule has 8 nitrogen and oxygen atoms in total. The third-order valence-electron chi connectivity index (χ3n) is 5.61. The first-order chi connectivity index (χ1) is 16.0. The normalized spacial score (nSPS) is 13.5. The Morgan fingerprint density at radius 3 is 2.88 bits per heavy atom. The summed E-state index contributed by atoms with van der Waals surface area (Å²) in [5.74, 6) is -0.836. The number of anilines is 1. The van der Waals surface area contributed by atoms with Crippen molar-refractivity contribution in [1.29, 1.82) is 0 Å². The molecule has 1 amide bonds. The minimum absolute atomic E-state index is 0.0414. The van der Waals surface area contributed by atoms with Crippen LogP contribution in [0.15, 0.2) is 42.6 Å². The number of halogens is 2. The van der Waals surface area contributed by atoms with Gasteiger partial charge in [-0.3, -0.25) is 4.79 Å². The van der Waals surface area contributed by atoms with Crippen LogP contribution in [0.1, 0.15) is 33.6 Å². The van der Waals surface area contributed by atoms with E-state index < -0.39 is 11.7 Å². The molecule has 5 rings (SSSR count). The largest absolute Gasteiger partial charge is 0.366 e. The van der Waals surface area contributed by atoms with Crippen LogP contribution in [0.4, 0.5) is 14.6 Å². The Morgan fingerprint density at radius 2 is 2.06 bits per heavy atom. The van der Waals surface area contributed by atoms with Gasteiger partial charge in [0, 0.05) is 30.1 Å². The molecule has 0 saturated heterocycles. The lowest BCUT2D eigenvalue weighted by atomic mass is 10.1. The molecule has 0 unspecified atom stereocenters. The molecule has 168 valence electrons. The van der Waals surface area contributed by atoms with E-state index in [0.717, 1.165) is 42.3 Å². The van der Waals surface area contributed by atoms with Crippen molar-refractivity contribution in [3.05, 3.63) is 76.6 Å². The smallest absolute Gasteiger partial charge is 0.253 e. The van der Waals surface area contributed by atoms with Gasteiger partial charge in [0.15, 0.2) is 0 Å². The molecule has 3 heterocycles. The van der Waals surface area contributed by atoms with Gasteiger partial charge in [0.25, 0.3) is 5.95 Å². The molecule has 4 N–H and O–H groups in total. The number of amides is 1. The summed E-state index contributed by atoms with van der Waals surface area (Å²) >= 11 is 0. The zero-order valence-corrected chi connectivity index (χ0v) is 17.6. The van der Waals surface area contributed by atoms with Gasteiger partial charge < -0.3 is 16.4 Å². The van der Waals surface area contributed by atoms with Crippen LogP contribution in [0.2, 0.25) is 0 Å². The number of carbonyl (C=O) groups excluding carboxylic acids is 1. The number of nitrogens with two attached hydrogens (primary N) is 1. The molecule has 10 heteroatoms. The second-order valence-corrected chi connectivity index (χ2v) is 7.87. The van der Waals surface area contributed by atoms with Gasteiger partial charge in [-0.2, -0.15) is 14.8 Å². The van der Waals surface area contributed by atoms with Crippen LogP contribution in [0, 0.1) is 11.6 Å². The molecule has 1 aliphatic rings. The first kappa shape index (κ1) is 21.0. The molecule has 33 heavy (non-hydrogen) atoms. The lowest BCUT2D eigenvalue weighted by molar-refractivity contribution is 0.100. The monoisotopic (exact) mass is 449 g/mol. The lowest BCUT2D eigenvalue weighted by Crippen LogP contribution is -2.17. The van der Waals surface area contributed by atoms with Gasteiger partial charge in [-0.25, -0.2) is 13.8 Å². The van der Waals surface area contributed by atoms with Crippen LogP contribution >= 0.6 is 0 Å². The van der Waals surface area contributed by atoms with Crippen molar-refractivity contribution in [2.45, 2.75) is 25.9 Å². The van der Waals surface area contributed by atoms with Gasteiger partial charge >= 0.3 is 0 Å². The standard InChI is InChI=1S/C23H21F2N7O/c24-14-4-1-3-13(7-14)10-28-22-18-11-27-6-2-5-19(18)30-23(31-22)32-20-9-15(25)8-16(21(26)33)17(20)12-29-32/h1,3-4,7-9,12,27H,2,5-6,10-11H2,(H2,26,33)(H,28,30,31). The maximum atomic E-state index is 14.2. The van der Waals surface area contributed by atoms with Gasteiger partial charge in [-0.15, -0.1) is 0 Å². The second-order valence-electron chi connectivity index (χ2n) is 7.87. The number of hydrogen-bond donors (Lipinski definition) is 3. The molecule has 2 aromatic heterocycles. The van der Waals surface area contributed by atoms with Gasteiger partial charge in [-0.1, -0.05) is 12.1 Å². The van der Waals surface area contributed by atoms with E-state index in [1.165, 1.54) is 29.1 Å². The van der Waals surface area contributed by atoms with Crippen molar-refractivity contribution in [1.82, 2.24) is 25.1 Å². The molecule has 2 aromatic carbocycles. The average Bonchev–Trinajstić information content (AvgIpc) is 3.06. The fourth-order valence-corrected chi connectivity index (χ4v) is 4.03. The van der Waals surface area contributed by atoms with Crippen molar-refractivity contribution >= 4 is 22.6 Å². The molecule has 0 atom stereocenters. The maximum absolute atomic E-state index is 14.2. The van der Waals surface area contributed by atoms with Crippen LogP contribution in [0.5, 0.6) is 0 Å². The van der Waals surface area contributed by atoms with Crippen LogP contribution in [-0.4, -0.2) is 32.2 Å². The van der Waals surface area contributed by atoms with Gasteiger partial charge in [0.2, 0.25) is 5.91 Å². The first-order valence-electron chi connectivity index (χ1n) is 10.6. The number of carbonyl (C=O) groups is 1. The van der Waals surface area contributed by atoms with Gasteiger partial charge in [0.1, 0.15) is 17.5 Å². The number of nitrogens with zero attached hydrogens (tertiary/aromatic N) is 4. The molecule has 0 radical (unpaired) electrons. The summed E-state index contributed by atoms with van der Waals surface area (Å²) in [7, 11) is 0. The highest BCUT2D eigenvalue weighted by atomic mass is 19.1. The Hall–Kier alpha value is -3.92. The number of benzene rings is 2. The summed E-state index contributed by atoms with van der Waals surface area (Å²) in [4.78, 5) is 21.2. The third kappa shape index (κ3) is 4.12. The highest BCUT2D eigenvalue weighted by Crippen LogP contribution is 2.26. The Balaban J connectivity index is 1.60. The van der Waals surface area contributed by atoms with E-state index in [1.54, 1.807) is 6.07 Å². The van der Waals surface area contributed by atoms with E-state index in [0.29, 0.717) is 29.8 Å². The van der Waals surface area contributed by atoms with Crippen LogP contribution in [0.25, 0.3) is 16.9 Å². The number of nitrogens with one attached hydrogen (secondary N) is 2. The quantitative estimate of drug-likeness (QED) is 0.432. The summed E-state index contributed by atoms with van der Waals surface area (Å²) in [6, 6.07) is 8.69. The molecular weight excluding hydrogens is 428 g/mol. The number of primary amides is 1. The van der Waals surface area contributed by atoms with E-state index in [-0.39, 0.29) is 17.3 Å². The molecule has 0 aliphatic carbocycles. The van der Waals surface area contributed by atoms with E-state index >= 15 is 0 Å². The van der Waals surface area contributed by atoms with Crippen molar-refractivity contribution in [2.24, 2.45) is 5.73 Å². The highest BCUT2D eigenvalue weighted by Gasteiger charge is 2.20. The summed E-state index contributed by atoms with van der Waals surface area (Å²) in [5.41, 5.74) is 8.34.